The fourth-order valence-electron chi connectivity index (χ4n) is 3.60. The zero-order chi connectivity index (χ0) is 21.6. The molecule has 0 N–H and O–H groups in total. The fourth-order valence-corrected chi connectivity index (χ4v) is 3.79. The highest BCUT2D eigenvalue weighted by molar-refractivity contribution is 6.30. The van der Waals surface area contributed by atoms with E-state index in [0.29, 0.717) is 24.4 Å². The van der Waals surface area contributed by atoms with E-state index in [1.807, 2.05) is 65.6 Å². The van der Waals surface area contributed by atoms with Crippen LogP contribution in [0.3, 0.4) is 0 Å². The van der Waals surface area contributed by atoms with Gasteiger partial charge in [0, 0.05) is 36.9 Å². The number of ether oxygens (including phenoxy) is 1. The van der Waals surface area contributed by atoms with Crippen LogP contribution in [0.15, 0.2) is 72.8 Å². The molecule has 3 aromatic carbocycles. The quantitative estimate of drug-likeness (QED) is 0.592. The maximum absolute atomic E-state index is 12.6. The third-order valence-corrected chi connectivity index (χ3v) is 5.60. The molecule has 6 heteroatoms. The molecule has 1 aliphatic heterocycles. The molecule has 5 nitrogen and oxygen atoms in total. The third kappa shape index (κ3) is 5.17. The van der Waals surface area contributed by atoms with Gasteiger partial charge in [0.2, 0.25) is 0 Å². The minimum atomic E-state index is -0.0121. The van der Waals surface area contributed by atoms with Gasteiger partial charge in [-0.2, -0.15) is 5.26 Å². The van der Waals surface area contributed by atoms with Crippen molar-refractivity contribution >= 4 is 23.2 Å². The summed E-state index contributed by atoms with van der Waals surface area (Å²) >= 11 is 6.08. The van der Waals surface area contributed by atoms with E-state index in [0.717, 1.165) is 34.9 Å². The molecule has 0 atom stereocenters. The average molecular weight is 432 g/mol. The summed E-state index contributed by atoms with van der Waals surface area (Å²) in [4.78, 5) is 16.6. The molecule has 1 fully saturated rings. The van der Waals surface area contributed by atoms with Gasteiger partial charge in [-0.05, 0) is 53.6 Å². The first-order valence-corrected chi connectivity index (χ1v) is 10.5. The molecular weight excluding hydrogens is 410 g/mol. The van der Waals surface area contributed by atoms with Crippen LogP contribution in [0.25, 0.3) is 11.1 Å². The van der Waals surface area contributed by atoms with Crippen molar-refractivity contribution in [2.24, 2.45) is 0 Å². The maximum Gasteiger partial charge on any atom is 0.260 e. The highest BCUT2D eigenvalue weighted by Crippen LogP contribution is 2.23. The van der Waals surface area contributed by atoms with E-state index in [4.69, 9.17) is 21.6 Å². The summed E-state index contributed by atoms with van der Waals surface area (Å²) in [6.07, 6.45) is 0. The lowest BCUT2D eigenvalue weighted by molar-refractivity contribution is -0.133. The van der Waals surface area contributed by atoms with Gasteiger partial charge < -0.3 is 14.5 Å². The van der Waals surface area contributed by atoms with E-state index >= 15 is 0 Å². The Bertz CT molecular complexity index is 1080. The van der Waals surface area contributed by atoms with Crippen molar-refractivity contribution in [2.75, 3.05) is 37.7 Å². The molecule has 1 saturated heterocycles. The predicted molar refractivity (Wildman–Crippen MR) is 122 cm³/mol. The molecule has 0 aromatic heterocycles. The summed E-state index contributed by atoms with van der Waals surface area (Å²) in [5.41, 5.74) is 3.77. The molecule has 0 unspecified atom stereocenters. The monoisotopic (exact) mass is 431 g/mol. The minimum absolute atomic E-state index is 0.0121. The number of benzene rings is 3. The zero-order valence-corrected chi connectivity index (χ0v) is 17.8. The number of carbonyl (C=O) groups excluding carboxylic acids is 1. The van der Waals surface area contributed by atoms with Crippen LogP contribution in [0.2, 0.25) is 5.02 Å². The van der Waals surface area contributed by atoms with Gasteiger partial charge in [0.25, 0.3) is 5.91 Å². The third-order valence-electron chi connectivity index (χ3n) is 5.37. The van der Waals surface area contributed by atoms with E-state index in [-0.39, 0.29) is 12.5 Å². The number of rotatable bonds is 5. The predicted octanol–water partition coefficient (Wildman–Crippen LogP) is 4.61. The number of hydrogen-bond donors (Lipinski definition) is 0. The first kappa shape index (κ1) is 20.8. The number of nitrogens with zero attached hydrogens (tertiary/aromatic N) is 3. The maximum atomic E-state index is 12.6. The summed E-state index contributed by atoms with van der Waals surface area (Å²) in [7, 11) is 0. The largest absolute Gasteiger partial charge is 0.484 e. The van der Waals surface area contributed by atoms with Gasteiger partial charge >= 0.3 is 0 Å². The van der Waals surface area contributed by atoms with E-state index in [2.05, 4.69) is 11.0 Å². The second-order valence-electron chi connectivity index (χ2n) is 7.35. The number of piperazine rings is 1. The first-order chi connectivity index (χ1) is 15.1. The number of carbonyl (C=O) groups is 1. The summed E-state index contributed by atoms with van der Waals surface area (Å²) in [6, 6.07) is 24.9. The number of halogens is 1. The van der Waals surface area contributed by atoms with Gasteiger partial charge in [0.15, 0.2) is 6.61 Å². The van der Waals surface area contributed by atoms with E-state index in [1.165, 1.54) is 0 Å². The van der Waals surface area contributed by atoms with E-state index < -0.39 is 0 Å². The molecule has 0 spiro atoms. The van der Waals surface area contributed by atoms with Crippen LogP contribution >= 0.6 is 11.6 Å². The Morgan fingerprint density at radius 1 is 0.935 bits per heavy atom. The van der Waals surface area contributed by atoms with Crippen LogP contribution in [-0.4, -0.2) is 43.6 Å². The zero-order valence-electron chi connectivity index (χ0n) is 17.0. The van der Waals surface area contributed by atoms with Crippen LogP contribution in [0, 0.1) is 11.3 Å². The molecule has 4 rings (SSSR count). The highest BCUT2D eigenvalue weighted by Gasteiger charge is 2.21. The standard InChI is InChI=1S/C25H22ClN3O2/c26-22-2-1-3-23(16-22)28-12-14-29(15-13-28)25(30)18-31-24-10-8-21(9-11-24)20-6-4-19(17-27)5-7-20/h1-11,16H,12-15,18H2. The second kappa shape index (κ2) is 9.55. The minimum Gasteiger partial charge on any atom is -0.484 e. The summed E-state index contributed by atoms with van der Waals surface area (Å²) in [5, 5.41) is 9.62. The van der Waals surface area contributed by atoms with Crippen molar-refractivity contribution in [1.29, 1.82) is 5.26 Å². The van der Waals surface area contributed by atoms with Gasteiger partial charge in [0.05, 0.1) is 11.6 Å². The highest BCUT2D eigenvalue weighted by atomic mass is 35.5. The lowest BCUT2D eigenvalue weighted by atomic mass is 10.0. The smallest absolute Gasteiger partial charge is 0.260 e. The SMILES string of the molecule is N#Cc1ccc(-c2ccc(OCC(=O)N3CCN(c4cccc(Cl)c4)CC3)cc2)cc1. The van der Waals surface area contributed by atoms with Gasteiger partial charge in [-0.3, -0.25) is 4.79 Å². The number of amides is 1. The molecule has 0 saturated carbocycles. The topological polar surface area (TPSA) is 56.6 Å². The lowest BCUT2D eigenvalue weighted by Crippen LogP contribution is -2.50. The average Bonchev–Trinajstić information content (AvgIpc) is 2.83. The van der Waals surface area contributed by atoms with Crippen molar-refractivity contribution in [1.82, 2.24) is 4.90 Å². The van der Waals surface area contributed by atoms with Gasteiger partial charge in [-0.15, -0.1) is 0 Å². The first-order valence-electron chi connectivity index (χ1n) is 10.1. The van der Waals surface area contributed by atoms with Crippen molar-refractivity contribution in [3.63, 3.8) is 0 Å². The Hall–Kier alpha value is -3.49. The molecule has 1 amide bonds. The molecule has 156 valence electrons. The molecule has 1 aliphatic rings. The van der Waals surface area contributed by atoms with E-state index in [1.54, 1.807) is 12.1 Å². The second-order valence-corrected chi connectivity index (χ2v) is 7.79. The molecular formula is C25H22ClN3O2. The summed E-state index contributed by atoms with van der Waals surface area (Å²) in [5.74, 6) is 0.644. The van der Waals surface area contributed by atoms with Gasteiger partial charge in [-0.1, -0.05) is 41.9 Å². The van der Waals surface area contributed by atoms with Crippen molar-refractivity contribution in [3.05, 3.63) is 83.4 Å². The van der Waals surface area contributed by atoms with Crippen LogP contribution in [0.1, 0.15) is 5.56 Å². The Labute approximate surface area is 187 Å². The molecule has 0 radical (unpaired) electrons. The van der Waals surface area contributed by atoms with Gasteiger partial charge in [0.1, 0.15) is 5.75 Å². The fraction of sp³-hybridized carbons (Fsp3) is 0.200. The Morgan fingerprint density at radius 2 is 1.58 bits per heavy atom. The molecule has 31 heavy (non-hydrogen) atoms. The molecule has 0 aliphatic carbocycles. The van der Waals surface area contributed by atoms with Gasteiger partial charge in [-0.25, -0.2) is 0 Å². The summed E-state index contributed by atoms with van der Waals surface area (Å²) < 4.78 is 5.71. The number of hydrogen-bond acceptors (Lipinski definition) is 4. The van der Waals surface area contributed by atoms with Crippen LogP contribution in [-0.2, 0) is 4.79 Å². The Balaban J connectivity index is 1.27. The van der Waals surface area contributed by atoms with Crippen molar-refractivity contribution < 1.29 is 9.53 Å². The lowest BCUT2D eigenvalue weighted by Gasteiger charge is -2.36. The van der Waals surface area contributed by atoms with Crippen LogP contribution in [0.4, 0.5) is 5.69 Å². The van der Waals surface area contributed by atoms with Crippen molar-refractivity contribution in [3.8, 4) is 22.9 Å². The molecule has 1 heterocycles. The van der Waals surface area contributed by atoms with Crippen molar-refractivity contribution in [2.45, 2.75) is 0 Å². The molecule has 3 aromatic rings. The number of anilines is 1. The normalized spacial score (nSPS) is 13.5. The van der Waals surface area contributed by atoms with Crippen LogP contribution in [0.5, 0.6) is 5.75 Å². The summed E-state index contributed by atoms with van der Waals surface area (Å²) in [6.45, 7) is 2.88. The van der Waals surface area contributed by atoms with Crippen LogP contribution < -0.4 is 9.64 Å². The van der Waals surface area contributed by atoms with E-state index in [9.17, 15) is 4.79 Å². The number of nitriles is 1. The Morgan fingerprint density at radius 3 is 2.19 bits per heavy atom. The molecule has 0 bridgehead atoms. The Kier molecular flexibility index (Phi) is 6.40.